The SMILES string of the molecule is COC(=O)c1ccc(CO[C@H](c2ccc(C#N)c(-c3ccccc3C)c2)c2cncn2C)cc1. The summed E-state index contributed by atoms with van der Waals surface area (Å²) in [4.78, 5) is 16.0. The van der Waals surface area contributed by atoms with Crippen LogP contribution in [0.4, 0.5) is 0 Å². The standard InChI is InChI=1S/C28H25N3O3/c1-19-6-4-5-7-24(19)25-14-22(12-13-23(25)15-29)27(26-16-30-18-31(26)2)34-17-20-8-10-21(11-9-20)28(32)33-3/h4-14,16,18,27H,17H2,1-3H3/t27-/m1/s1. The molecule has 0 bridgehead atoms. The molecule has 0 unspecified atom stereocenters. The summed E-state index contributed by atoms with van der Waals surface area (Å²) in [5.74, 6) is -0.374. The number of hydrogen-bond acceptors (Lipinski definition) is 5. The summed E-state index contributed by atoms with van der Waals surface area (Å²) < 4.78 is 13.1. The summed E-state index contributed by atoms with van der Waals surface area (Å²) in [6, 6.07) is 23.3. The quantitative estimate of drug-likeness (QED) is 0.354. The van der Waals surface area contributed by atoms with Crippen molar-refractivity contribution in [1.82, 2.24) is 9.55 Å². The van der Waals surface area contributed by atoms with Gasteiger partial charge in [0.05, 0.1) is 49.1 Å². The summed E-state index contributed by atoms with van der Waals surface area (Å²) in [5.41, 5.74) is 6.83. The third kappa shape index (κ3) is 4.75. The molecule has 0 aliphatic carbocycles. The number of aryl methyl sites for hydroxylation is 2. The molecule has 1 aromatic heterocycles. The van der Waals surface area contributed by atoms with Gasteiger partial charge in [0.25, 0.3) is 0 Å². The van der Waals surface area contributed by atoms with Crippen molar-refractivity contribution in [2.45, 2.75) is 19.6 Å². The van der Waals surface area contributed by atoms with Crippen molar-refractivity contribution < 1.29 is 14.3 Å². The zero-order valence-corrected chi connectivity index (χ0v) is 19.4. The highest BCUT2D eigenvalue weighted by molar-refractivity contribution is 5.89. The largest absolute Gasteiger partial charge is 0.465 e. The Kier molecular flexibility index (Phi) is 6.86. The number of aromatic nitrogens is 2. The van der Waals surface area contributed by atoms with Gasteiger partial charge >= 0.3 is 5.97 Å². The van der Waals surface area contributed by atoms with Crippen LogP contribution in [0.3, 0.4) is 0 Å². The van der Waals surface area contributed by atoms with E-state index in [0.717, 1.165) is 33.5 Å². The van der Waals surface area contributed by atoms with Crippen molar-refractivity contribution in [2.75, 3.05) is 7.11 Å². The summed E-state index contributed by atoms with van der Waals surface area (Å²) in [7, 11) is 3.29. The number of carbonyl (C=O) groups is 1. The molecule has 0 spiro atoms. The molecule has 6 nitrogen and oxygen atoms in total. The minimum Gasteiger partial charge on any atom is -0.465 e. The lowest BCUT2D eigenvalue weighted by Crippen LogP contribution is -2.11. The normalized spacial score (nSPS) is 11.6. The van der Waals surface area contributed by atoms with E-state index in [1.54, 1.807) is 24.7 Å². The maximum absolute atomic E-state index is 11.7. The zero-order valence-electron chi connectivity index (χ0n) is 19.4. The second-order valence-corrected chi connectivity index (χ2v) is 8.04. The van der Waals surface area contributed by atoms with Crippen molar-refractivity contribution in [2.24, 2.45) is 7.05 Å². The van der Waals surface area contributed by atoms with Crippen LogP contribution in [0.15, 0.2) is 79.3 Å². The molecule has 0 aliphatic rings. The fourth-order valence-corrected chi connectivity index (χ4v) is 3.93. The van der Waals surface area contributed by atoms with Crippen LogP contribution in [0, 0.1) is 18.3 Å². The predicted molar refractivity (Wildman–Crippen MR) is 129 cm³/mol. The van der Waals surface area contributed by atoms with E-state index in [9.17, 15) is 10.1 Å². The second kappa shape index (κ2) is 10.2. The Hall–Kier alpha value is -4.21. The van der Waals surface area contributed by atoms with Gasteiger partial charge in [-0.25, -0.2) is 9.78 Å². The minimum absolute atomic E-state index is 0.330. The predicted octanol–water partition coefficient (Wildman–Crippen LogP) is 5.36. The van der Waals surface area contributed by atoms with Crippen LogP contribution in [0.5, 0.6) is 0 Å². The molecule has 0 N–H and O–H groups in total. The summed E-state index contributed by atoms with van der Waals surface area (Å²) in [6.45, 7) is 2.37. The van der Waals surface area contributed by atoms with E-state index in [1.807, 2.05) is 73.1 Å². The van der Waals surface area contributed by atoms with Crippen LogP contribution < -0.4 is 0 Å². The summed E-state index contributed by atoms with van der Waals surface area (Å²) in [6.07, 6.45) is 3.13. The van der Waals surface area contributed by atoms with Crippen LogP contribution in [-0.4, -0.2) is 22.6 Å². The highest BCUT2D eigenvalue weighted by atomic mass is 16.5. The van der Waals surface area contributed by atoms with Gasteiger partial charge in [-0.1, -0.05) is 42.5 Å². The number of rotatable bonds is 7. The average molecular weight is 452 g/mol. The van der Waals surface area contributed by atoms with Gasteiger partial charge < -0.3 is 14.0 Å². The number of hydrogen-bond donors (Lipinski definition) is 0. The van der Waals surface area contributed by atoms with E-state index in [4.69, 9.17) is 9.47 Å². The Balaban J connectivity index is 1.69. The Morgan fingerprint density at radius 1 is 1.09 bits per heavy atom. The van der Waals surface area contributed by atoms with E-state index in [2.05, 4.69) is 11.1 Å². The second-order valence-electron chi connectivity index (χ2n) is 8.04. The van der Waals surface area contributed by atoms with Crippen molar-refractivity contribution in [1.29, 1.82) is 5.26 Å². The molecule has 0 aliphatic heterocycles. The molecule has 4 aromatic rings. The van der Waals surface area contributed by atoms with E-state index in [-0.39, 0.29) is 5.97 Å². The van der Waals surface area contributed by atoms with Gasteiger partial charge in [-0.15, -0.1) is 0 Å². The monoisotopic (exact) mass is 451 g/mol. The van der Waals surface area contributed by atoms with Crippen LogP contribution in [0.2, 0.25) is 0 Å². The number of methoxy groups -OCH3 is 1. The van der Waals surface area contributed by atoms with Crippen molar-refractivity contribution in [3.05, 3.63) is 113 Å². The molecule has 0 saturated heterocycles. The van der Waals surface area contributed by atoms with Crippen molar-refractivity contribution in [3.8, 4) is 17.2 Å². The number of ether oxygens (including phenoxy) is 2. The van der Waals surface area contributed by atoms with Gasteiger partial charge in [0.1, 0.15) is 6.10 Å². The molecule has 6 heteroatoms. The van der Waals surface area contributed by atoms with E-state index < -0.39 is 6.10 Å². The summed E-state index contributed by atoms with van der Waals surface area (Å²) in [5, 5.41) is 9.73. The molecule has 0 amide bonds. The first kappa shape index (κ1) is 23.0. The van der Waals surface area contributed by atoms with Crippen LogP contribution >= 0.6 is 0 Å². The first-order valence-electron chi connectivity index (χ1n) is 10.9. The Labute approximate surface area is 199 Å². The van der Waals surface area contributed by atoms with Gasteiger partial charge in [0, 0.05) is 12.6 Å². The number of nitrogens with zero attached hydrogens (tertiary/aromatic N) is 3. The van der Waals surface area contributed by atoms with E-state index >= 15 is 0 Å². The third-order valence-corrected chi connectivity index (χ3v) is 5.82. The maximum Gasteiger partial charge on any atom is 0.337 e. The lowest BCUT2D eigenvalue weighted by molar-refractivity contribution is 0.0596. The maximum atomic E-state index is 11.7. The number of esters is 1. The summed E-state index contributed by atoms with van der Waals surface area (Å²) >= 11 is 0. The molecule has 1 atom stereocenters. The Morgan fingerprint density at radius 2 is 1.85 bits per heavy atom. The zero-order chi connectivity index (χ0) is 24.1. The van der Waals surface area contributed by atoms with E-state index in [0.29, 0.717) is 17.7 Å². The number of carbonyl (C=O) groups excluding carboxylic acids is 1. The highest BCUT2D eigenvalue weighted by Crippen LogP contribution is 2.33. The molecule has 4 rings (SSSR count). The smallest absolute Gasteiger partial charge is 0.337 e. The molecule has 0 radical (unpaired) electrons. The van der Waals surface area contributed by atoms with Crippen LogP contribution in [0.1, 0.15) is 44.4 Å². The number of benzene rings is 3. The van der Waals surface area contributed by atoms with Crippen LogP contribution in [-0.2, 0) is 23.1 Å². The molecule has 170 valence electrons. The first-order chi connectivity index (χ1) is 16.5. The van der Waals surface area contributed by atoms with Crippen molar-refractivity contribution in [3.63, 3.8) is 0 Å². The highest BCUT2D eigenvalue weighted by Gasteiger charge is 2.21. The van der Waals surface area contributed by atoms with Gasteiger partial charge in [-0.2, -0.15) is 5.26 Å². The fourth-order valence-electron chi connectivity index (χ4n) is 3.93. The molecular formula is C28H25N3O3. The molecule has 0 saturated carbocycles. The molecule has 34 heavy (non-hydrogen) atoms. The van der Waals surface area contributed by atoms with Crippen molar-refractivity contribution >= 4 is 5.97 Å². The van der Waals surface area contributed by atoms with Gasteiger partial charge in [-0.3, -0.25) is 0 Å². The Bertz CT molecular complexity index is 1350. The first-order valence-corrected chi connectivity index (χ1v) is 10.9. The molecule has 1 heterocycles. The Morgan fingerprint density at radius 3 is 2.50 bits per heavy atom. The van der Waals surface area contributed by atoms with Crippen LogP contribution in [0.25, 0.3) is 11.1 Å². The molecular weight excluding hydrogens is 426 g/mol. The van der Waals surface area contributed by atoms with Gasteiger partial charge in [0.15, 0.2) is 0 Å². The molecule has 3 aromatic carbocycles. The fraction of sp³-hybridized carbons (Fsp3) is 0.179. The van der Waals surface area contributed by atoms with Gasteiger partial charge in [0.2, 0.25) is 0 Å². The topological polar surface area (TPSA) is 77.1 Å². The number of imidazole rings is 1. The van der Waals surface area contributed by atoms with E-state index in [1.165, 1.54) is 7.11 Å². The van der Waals surface area contributed by atoms with Gasteiger partial charge in [-0.05, 0) is 53.4 Å². The minimum atomic E-state index is -0.400. The molecule has 0 fully saturated rings. The average Bonchev–Trinajstić information content (AvgIpc) is 3.29. The lowest BCUT2D eigenvalue weighted by Gasteiger charge is -2.21. The number of nitriles is 1. The lowest BCUT2D eigenvalue weighted by atomic mass is 9.93. The third-order valence-electron chi connectivity index (χ3n) is 5.82.